The average molecular weight is 146 g/mol. The van der Waals surface area contributed by atoms with Crippen molar-refractivity contribution in [3.63, 3.8) is 0 Å². The van der Waals surface area contributed by atoms with Gasteiger partial charge in [-0.1, -0.05) is 36.9 Å². The second-order valence-corrected chi connectivity index (χ2v) is 2.34. The van der Waals surface area contributed by atoms with Crippen LogP contribution in [0.4, 0.5) is 0 Å². The minimum atomic E-state index is 0.421. The van der Waals surface area contributed by atoms with E-state index in [-0.39, 0.29) is 0 Å². The lowest BCUT2D eigenvalue weighted by Gasteiger charge is -1.98. The zero-order valence-corrected chi connectivity index (χ0v) is 6.29. The minimum absolute atomic E-state index is 0.421. The highest BCUT2D eigenvalue weighted by Gasteiger charge is 1.94. The number of benzene rings is 1. The largest absolute Gasteiger partial charge is 0.303 e. The summed E-state index contributed by atoms with van der Waals surface area (Å²) in [5.41, 5.74) is 1.92. The smallest absolute Gasteiger partial charge is 0.124 e. The highest BCUT2D eigenvalue weighted by atomic mass is 16.1. The Morgan fingerprint density at radius 1 is 1.36 bits per heavy atom. The Morgan fingerprint density at radius 2 is 2.00 bits per heavy atom. The molecule has 0 aromatic heterocycles. The molecule has 0 saturated carbocycles. The normalized spacial score (nSPS) is 9.09. The van der Waals surface area contributed by atoms with Gasteiger partial charge in [0, 0.05) is 6.42 Å². The van der Waals surface area contributed by atoms with Gasteiger partial charge in [-0.15, -0.1) is 0 Å². The lowest BCUT2D eigenvalue weighted by molar-refractivity contribution is -0.107. The third-order valence-electron chi connectivity index (χ3n) is 1.51. The molecule has 0 saturated heterocycles. The maximum Gasteiger partial charge on any atom is 0.124 e. The first-order valence-corrected chi connectivity index (χ1v) is 3.51. The van der Waals surface area contributed by atoms with E-state index in [0.717, 1.165) is 17.4 Å². The maximum absolute atomic E-state index is 10.1. The molecule has 0 atom stereocenters. The van der Waals surface area contributed by atoms with E-state index in [2.05, 4.69) is 6.58 Å². The van der Waals surface area contributed by atoms with Crippen molar-refractivity contribution in [3.05, 3.63) is 42.5 Å². The number of aldehydes is 1. The number of hydrogen-bond acceptors (Lipinski definition) is 1. The van der Waals surface area contributed by atoms with Gasteiger partial charge in [-0.2, -0.15) is 0 Å². The molecule has 0 heterocycles. The van der Waals surface area contributed by atoms with E-state index in [0.29, 0.717) is 6.42 Å². The summed E-state index contributed by atoms with van der Waals surface area (Å²) in [5, 5.41) is 0. The van der Waals surface area contributed by atoms with Gasteiger partial charge >= 0.3 is 0 Å². The molecule has 0 radical (unpaired) electrons. The van der Waals surface area contributed by atoms with Crippen molar-refractivity contribution in [1.29, 1.82) is 0 Å². The molecule has 11 heavy (non-hydrogen) atoms. The number of carbonyl (C=O) groups is 1. The summed E-state index contributed by atoms with van der Waals surface area (Å²) in [6.45, 7) is 3.78. The summed E-state index contributed by atoms with van der Waals surface area (Å²) in [5.74, 6) is 0. The van der Waals surface area contributed by atoms with Crippen LogP contribution in [0.5, 0.6) is 0 Å². The molecule has 1 heteroatoms. The van der Waals surface area contributed by atoms with Crippen LogP contribution in [-0.4, -0.2) is 6.29 Å². The predicted octanol–water partition coefficient (Wildman–Crippen LogP) is 2.29. The molecule has 0 aliphatic heterocycles. The second-order valence-electron chi connectivity index (χ2n) is 2.34. The third-order valence-corrected chi connectivity index (χ3v) is 1.51. The van der Waals surface area contributed by atoms with Crippen molar-refractivity contribution in [2.75, 3.05) is 0 Å². The van der Waals surface area contributed by atoms with Crippen LogP contribution in [0.3, 0.4) is 0 Å². The summed E-state index contributed by atoms with van der Waals surface area (Å²) < 4.78 is 0. The molecule has 0 N–H and O–H groups in total. The second kappa shape index (κ2) is 3.71. The number of carbonyl (C=O) groups excluding carboxylic acids is 1. The van der Waals surface area contributed by atoms with Gasteiger partial charge in [-0.05, 0) is 11.1 Å². The van der Waals surface area contributed by atoms with Crippen LogP contribution in [0.25, 0.3) is 5.57 Å². The quantitative estimate of drug-likeness (QED) is 0.598. The van der Waals surface area contributed by atoms with Crippen LogP contribution in [0.2, 0.25) is 0 Å². The van der Waals surface area contributed by atoms with Crippen molar-refractivity contribution in [2.45, 2.75) is 6.42 Å². The van der Waals surface area contributed by atoms with E-state index in [4.69, 9.17) is 0 Å². The number of allylic oxidation sites excluding steroid dienone is 1. The van der Waals surface area contributed by atoms with Gasteiger partial charge in [0.05, 0.1) is 0 Å². The highest BCUT2D eigenvalue weighted by Crippen LogP contribution is 2.13. The van der Waals surface area contributed by atoms with Crippen LogP contribution in [0, 0.1) is 0 Å². The van der Waals surface area contributed by atoms with E-state index in [1.54, 1.807) is 0 Å². The van der Waals surface area contributed by atoms with Gasteiger partial charge in [-0.25, -0.2) is 0 Å². The maximum atomic E-state index is 10.1. The molecule has 0 bridgehead atoms. The lowest BCUT2D eigenvalue weighted by atomic mass is 10.1. The van der Waals surface area contributed by atoms with Crippen molar-refractivity contribution in [2.24, 2.45) is 0 Å². The molecule has 0 fully saturated rings. The van der Waals surface area contributed by atoms with Crippen LogP contribution < -0.4 is 0 Å². The predicted molar refractivity (Wildman–Crippen MR) is 46.2 cm³/mol. The molecule has 0 amide bonds. The van der Waals surface area contributed by atoms with Gasteiger partial charge < -0.3 is 4.79 Å². The Hall–Kier alpha value is -1.37. The van der Waals surface area contributed by atoms with Crippen molar-refractivity contribution < 1.29 is 4.79 Å². The number of rotatable bonds is 3. The highest BCUT2D eigenvalue weighted by molar-refractivity contribution is 5.75. The van der Waals surface area contributed by atoms with E-state index in [1.807, 2.05) is 30.3 Å². The summed E-state index contributed by atoms with van der Waals surface area (Å²) in [7, 11) is 0. The van der Waals surface area contributed by atoms with Gasteiger partial charge in [0.1, 0.15) is 6.29 Å². The molecule has 1 rings (SSSR count). The summed E-state index contributed by atoms with van der Waals surface area (Å²) in [4.78, 5) is 10.1. The molecule has 1 aromatic rings. The molecule has 56 valence electrons. The first-order chi connectivity index (χ1) is 5.34. The zero-order valence-electron chi connectivity index (χ0n) is 6.29. The van der Waals surface area contributed by atoms with Crippen molar-refractivity contribution in [3.8, 4) is 0 Å². The molecule has 0 unspecified atom stereocenters. The fourth-order valence-electron chi connectivity index (χ4n) is 0.892. The van der Waals surface area contributed by atoms with Crippen LogP contribution in [0.15, 0.2) is 36.9 Å². The molecule has 0 spiro atoms. The van der Waals surface area contributed by atoms with Crippen molar-refractivity contribution in [1.82, 2.24) is 0 Å². The Kier molecular flexibility index (Phi) is 2.61. The molecule has 1 nitrogen and oxygen atoms in total. The zero-order chi connectivity index (χ0) is 8.10. The Labute approximate surface area is 66.4 Å². The Morgan fingerprint density at radius 3 is 2.55 bits per heavy atom. The SMILES string of the molecule is C=C(CC=O)c1ccccc1. The average Bonchev–Trinajstić information content (AvgIpc) is 2.07. The van der Waals surface area contributed by atoms with E-state index in [1.165, 1.54) is 0 Å². The van der Waals surface area contributed by atoms with E-state index in [9.17, 15) is 4.79 Å². The van der Waals surface area contributed by atoms with Crippen LogP contribution >= 0.6 is 0 Å². The molecule has 0 aliphatic carbocycles. The fraction of sp³-hybridized carbons (Fsp3) is 0.100. The monoisotopic (exact) mass is 146 g/mol. The number of hydrogen-bond donors (Lipinski definition) is 0. The van der Waals surface area contributed by atoms with Gasteiger partial charge in [0.25, 0.3) is 0 Å². The molecular formula is C10H10O. The first-order valence-electron chi connectivity index (χ1n) is 3.51. The van der Waals surface area contributed by atoms with Crippen LogP contribution in [0.1, 0.15) is 12.0 Å². The standard InChI is InChI=1S/C10H10O/c1-9(7-8-11)10-5-3-2-4-6-10/h2-6,8H,1,7H2. The fourth-order valence-corrected chi connectivity index (χ4v) is 0.892. The Balaban J connectivity index is 2.77. The lowest BCUT2D eigenvalue weighted by Crippen LogP contribution is -1.82. The van der Waals surface area contributed by atoms with Crippen molar-refractivity contribution >= 4 is 11.9 Å². The van der Waals surface area contributed by atoms with Gasteiger partial charge in [0.2, 0.25) is 0 Å². The first kappa shape index (κ1) is 7.73. The van der Waals surface area contributed by atoms with Gasteiger partial charge in [0.15, 0.2) is 0 Å². The van der Waals surface area contributed by atoms with Gasteiger partial charge in [-0.3, -0.25) is 0 Å². The van der Waals surface area contributed by atoms with Crippen LogP contribution in [-0.2, 0) is 4.79 Å². The Bertz CT molecular complexity index is 249. The van der Waals surface area contributed by atoms with E-state index < -0.39 is 0 Å². The molecular weight excluding hydrogens is 136 g/mol. The summed E-state index contributed by atoms with van der Waals surface area (Å²) >= 11 is 0. The minimum Gasteiger partial charge on any atom is -0.303 e. The topological polar surface area (TPSA) is 17.1 Å². The van der Waals surface area contributed by atoms with E-state index >= 15 is 0 Å². The molecule has 1 aromatic carbocycles. The summed E-state index contributed by atoms with van der Waals surface area (Å²) in [6.07, 6.45) is 1.29. The molecule has 0 aliphatic rings. The summed E-state index contributed by atoms with van der Waals surface area (Å²) in [6, 6.07) is 9.71. The third kappa shape index (κ3) is 2.04.